The molecule has 0 fully saturated rings. The zero-order chi connectivity index (χ0) is 13.3. The molecule has 1 aromatic carbocycles. The lowest BCUT2D eigenvalue weighted by atomic mass is 10.1. The minimum absolute atomic E-state index is 0.0251. The van der Waals surface area contributed by atoms with Crippen molar-refractivity contribution in [3.8, 4) is 5.75 Å². The Bertz CT molecular complexity index is 432. The third-order valence-corrected chi connectivity index (χ3v) is 2.72. The van der Waals surface area contributed by atoms with Crippen LogP contribution < -0.4 is 9.64 Å². The molecule has 0 saturated carbocycles. The lowest BCUT2D eigenvalue weighted by Crippen LogP contribution is -2.38. The zero-order valence-electron chi connectivity index (χ0n) is 9.87. The van der Waals surface area contributed by atoms with Crippen molar-refractivity contribution >= 4 is 5.69 Å². The van der Waals surface area contributed by atoms with Gasteiger partial charge in [0.2, 0.25) is 0 Å². The van der Waals surface area contributed by atoms with Crippen molar-refractivity contribution in [1.82, 2.24) is 0 Å². The monoisotopic (exact) mass is 261 g/mol. The van der Waals surface area contributed by atoms with Crippen LogP contribution >= 0.6 is 0 Å². The first-order valence-corrected chi connectivity index (χ1v) is 5.65. The first kappa shape index (κ1) is 13.0. The van der Waals surface area contributed by atoms with Gasteiger partial charge in [0.1, 0.15) is 12.4 Å². The van der Waals surface area contributed by atoms with Gasteiger partial charge in [-0.15, -0.1) is 0 Å². The molecule has 18 heavy (non-hydrogen) atoms. The molecule has 0 bridgehead atoms. The standard InChI is InChI=1S/C12H14F3NO2/c1-8(17)7-16-5-6-18-10-4-2-3-9(11(10)16)12(13,14)15/h2-4,8,17H,5-7H2,1H3. The van der Waals surface area contributed by atoms with Gasteiger partial charge in [0.05, 0.1) is 23.9 Å². The van der Waals surface area contributed by atoms with E-state index >= 15 is 0 Å². The predicted molar refractivity (Wildman–Crippen MR) is 60.8 cm³/mol. The van der Waals surface area contributed by atoms with Crippen molar-refractivity contribution in [3.63, 3.8) is 0 Å². The van der Waals surface area contributed by atoms with Crippen LogP contribution in [0.2, 0.25) is 0 Å². The van der Waals surface area contributed by atoms with Crippen molar-refractivity contribution in [3.05, 3.63) is 23.8 Å². The molecule has 1 aromatic rings. The van der Waals surface area contributed by atoms with Crippen LogP contribution in [0.15, 0.2) is 18.2 Å². The largest absolute Gasteiger partial charge is 0.490 e. The van der Waals surface area contributed by atoms with Gasteiger partial charge >= 0.3 is 6.18 Å². The molecular weight excluding hydrogens is 247 g/mol. The van der Waals surface area contributed by atoms with E-state index in [-0.39, 0.29) is 18.0 Å². The Hall–Kier alpha value is -1.43. The Morgan fingerprint density at radius 1 is 1.44 bits per heavy atom. The summed E-state index contributed by atoms with van der Waals surface area (Å²) in [5, 5.41) is 9.36. The number of nitrogens with zero attached hydrogens (tertiary/aromatic N) is 1. The number of hydrogen-bond donors (Lipinski definition) is 1. The van der Waals surface area contributed by atoms with E-state index in [0.717, 1.165) is 6.07 Å². The third-order valence-electron chi connectivity index (χ3n) is 2.72. The molecule has 0 spiro atoms. The molecule has 0 aliphatic carbocycles. The maximum atomic E-state index is 12.9. The van der Waals surface area contributed by atoms with E-state index in [1.54, 1.807) is 6.92 Å². The van der Waals surface area contributed by atoms with Crippen LogP contribution in [-0.4, -0.2) is 30.9 Å². The second kappa shape index (κ2) is 4.68. The van der Waals surface area contributed by atoms with Gasteiger partial charge in [-0.05, 0) is 19.1 Å². The Morgan fingerprint density at radius 2 is 2.17 bits per heavy atom. The summed E-state index contributed by atoms with van der Waals surface area (Å²) >= 11 is 0. The quantitative estimate of drug-likeness (QED) is 0.886. The van der Waals surface area contributed by atoms with Gasteiger partial charge in [-0.25, -0.2) is 0 Å². The number of anilines is 1. The second-order valence-electron chi connectivity index (χ2n) is 4.29. The number of aliphatic hydroxyl groups excluding tert-OH is 1. The molecule has 0 saturated heterocycles. The number of hydrogen-bond acceptors (Lipinski definition) is 3. The van der Waals surface area contributed by atoms with Gasteiger partial charge in [0.15, 0.2) is 0 Å². The third kappa shape index (κ3) is 2.53. The van der Waals surface area contributed by atoms with Crippen molar-refractivity contribution in [1.29, 1.82) is 0 Å². The van der Waals surface area contributed by atoms with Gasteiger partial charge in [-0.3, -0.25) is 0 Å². The van der Waals surface area contributed by atoms with E-state index in [9.17, 15) is 18.3 Å². The fourth-order valence-corrected chi connectivity index (χ4v) is 2.07. The summed E-state index contributed by atoms with van der Waals surface area (Å²) in [7, 11) is 0. The zero-order valence-corrected chi connectivity index (χ0v) is 9.87. The number of β-amino-alcohol motifs (C(OH)–C–C–N with tert-alkyl or cyclic N) is 1. The summed E-state index contributed by atoms with van der Waals surface area (Å²) in [6, 6.07) is 3.87. The first-order valence-electron chi connectivity index (χ1n) is 5.65. The normalized spacial score (nSPS) is 17.1. The molecule has 1 atom stereocenters. The van der Waals surface area contributed by atoms with Crippen LogP contribution in [0, 0.1) is 0 Å². The number of fused-ring (bicyclic) bond motifs is 1. The molecule has 1 aliphatic rings. The van der Waals surface area contributed by atoms with E-state index in [1.807, 2.05) is 0 Å². The molecule has 100 valence electrons. The lowest BCUT2D eigenvalue weighted by molar-refractivity contribution is -0.137. The van der Waals surface area contributed by atoms with Crippen LogP contribution in [0.3, 0.4) is 0 Å². The Balaban J connectivity index is 2.46. The van der Waals surface area contributed by atoms with Crippen LogP contribution in [-0.2, 0) is 6.18 Å². The SMILES string of the molecule is CC(O)CN1CCOc2cccc(C(F)(F)F)c21. The Kier molecular flexibility index (Phi) is 3.38. The second-order valence-corrected chi connectivity index (χ2v) is 4.29. The van der Waals surface area contributed by atoms with Gasteiger partial charge in [0.25, 0.3) is 0 Å². The lowest BCUT2D eigenvalue weighted by Gasteiger charge is -2.34. The van der Waals surface area contributed by atoms with Gasteiger partial charge < -0.3 is 14.7 Å². The van der Waals surface area contributed by atoms with Crippen LogP contribution in [0.5, 0.6) is 5.75 Å². The molecule has 3 nitrogen and oxygen atoms in total. The average Bonchev–Trinajstić information content (AvgIpc) is 2.26. The van der Waals surface area contributed by atoms with Crippen molar-refractivity contribution < 1.29 is 23.0 Å². The molecule has 1 aliphatic heterocycles. The summed E-state index contributed by atoms with van der Waals surface area (Å²) < 4.78 is 44.1. The molecule has 0 amide bonds. The number of benzene rings is 1. The Morgan fingerprint density at radius 3 is 2.78 bits per heavy atom. The maximum absolute atomic E-state index is 12.9. The molecule has 1 unspecified atom stereocenters. The van der Waals surface area contributed by atoms with E-state index < -0.39 is 17.8 Å². The number of para-hydroxylation sites is 1. The van der Waals surface area contributed by atoms with Crippen LogP contribution in [0.4, 0.5) is 18.9 Å². The first-order chi connectivity index (χ1) is 8.39. The fraction of sp³-hybridized carbons (Fsp3) is 0.500. The molecule has 6 heteroatoms. The summed E-state index contributed by atoms with van der Waals surface area (Å²) in [6.07, 6.45) is -5.12. The van der Waals surface area contributed by atoms with Gasteiger partial charge in [-0.1, -0.05) is 6.07 Å². The summed E-state index contributed by atoms with van der Waals surface area (Å²) in [6.45, 7) is 2.36. The van der Waals surface area contributed by atoms with Crippen molar-refractivity contribution in [2.75, 3.05) is 24.6 Å². The van der Waals surface area contributed by atoms with E-state index in [2.05, 4.69) is 0 Å². The molecule has 0 radical (unpaired) electrons. The summed E-state index contributed by atoms with van der Waals surface area (Å²) in [5.41, 5.74) is -0.697. The highest BCUT2D eigenvalue weighted by Crippen LogP contribution is 2.43. The molecule has 1 N–H and O–H groups in total. The highest BCUT2D eigenvalue weighted by molar-refractivity contribution is 5.66. The average molecular weight is 261 g/mol. The summed E-state index contributed by atoms with van der Waals surface area (Å²) in [5.74, 6) is 0.219. The molecular formula is C12H14F3NO2. The highest BCUT2D eigenvalue weighted by Gasteiger charge is 2.37. The number of rotatable bonds is 2. The molecule has 2 rings (SSSR count). The molecule has 1 heterocycles. The topological polar surface area (TPSA) is 32.7 Å². The molecule has 0 aromatic heterocycles. The van der Waals surface area contributed by atoms with E-state index in [1.165, 1.54) is 17.0 Å². The van der Waals surface area contributed by atoms with Crippen LogP contribution in [0.25, 0.3) is 0 Å². The van der Waals surface area contributed by atoms with Gasteiger partial charge in [-0.2, -0.15) is 13.2 Å². The van der Waals surface area contributed by atoms with Gasteiger partial charge in [0, 0.05) is 6.54 Å². The fourth-order valence-electron chi connectivity index (χ4n) is 2.07. The smallest absolute Gasteiger partial charge is 0.418 e. The number of aliphatic hydroxyl groups is 1. The van der Waals surface area contributed by atoms with E-state index in [4.69, 9.17) is 4.74 Å². The highest BCUT2D eigenvalue weighted by atomic mass is 19.4. The minimum Gasteiger partial charge on any atom is -0.490 e. The van der Waals surface area contributed by atoms with Crippen molar-refractivity contribution in [2.24, 2.45) is 0 Å². The van der Waals surface area contributed by atoms with E-state index in [0.29, 0.717) is 13.2 Å². The predicted octanol–water partition coefficient (Wildman–Crippen LogP) is 2.29. The van der Waals surface area contributed by atoms with Crippen molar-refractivity contribution in [2.45, 2.75) is 19.2 Å². The maximum Gasteiger partial charge on any atom is 0.418 e. The number of alkyl halides is 3. The number of ether oxygens (including phenoxy) is 1. The van der Waals surface area contributed by atoms with Crippen LogP contribution in [0.1, 0.15) is 12.5 Å². The number of halogens is 3. The minimum atomic E-state index is -4.43. The Labute approximate surface area is 103 Å². The summed E-state index contributed by atoms with van der Waals surface area (Å²) in [4.78, 5) is 1.52.